The predicted molar refractivity (Wildman–Crippen MR) is 83.2 cm³/mol. The highest BCUT2D eigenvalue weighted by Crippen LogP contribution is 2.22. The Kier molecular flexibility index (Phi) is 5.75. The van der Waals surface area contributed by atoms with E-state index in [-0.39, 0.29) is 17.9 Å². The van der Waals surface area contributed by atoms with Crippen LogP contribution in [0.5, 0.6) is 0 Å². The Bertz CT molecular complexity index is 452. The van der Waals surface area contributed by atoms with E-state index in [1.54, 1.807) is 11.8 Å². The lowest BCUT2D eigenvalue weighted by molar-refractivity contribution is -0.134. The molecule has 0 saturated carbocycles. The van der Waals surface area contributed by atoms with Crippen LogP contribution in [0.4, 0.5) is 0 Å². The van der Waals surface area contributed by atoms with Gasteiger partial charge in [0.15, 0.2) is 0 Å². The van der Waals surface area contributed by atoms with Gasteiger partial charge in [-0.25, -0.2) is 0 Å². The number of thioether (sulfide) groups is 1. The maximum Gasteiger partial charge on any atom is 0.223 e. The number of carbonyl (C=O) groups is 1. The van der Waals surface area contributed by atoms with Crippen LogP contribution in [0, 0.1) is 5.92 Å². The maximum absolute atomic E-state index is 12.1. The number of aliphatic hydroxyl groups is 1. The van der Waals surface area contributed by atoms with Crippen molar-refractivity contribution in [3.05, 3.63) is 29.3 Å². The summed E-state index contributed by atoms with van der Waals surface area (Å²) in [6, 6.07) is 7.66. The summed E-state index contributed by atoms with van der Waals surface area (Å²) in [7, 11) is 0. The number of nitrogens with zero attached hydrogens (tertiary/aromatic N) is 1. The molecule has 0 aromatic heterocycles. The molecule has 1 heterocycles. The van der Waals surface area contributed by atoms with Crippen molar-refractivity contribution >= 4 is 29.3 Å². The van der Waals surface area contributed by atoms with Crippen LogP contribution in [0.15, 0.2) is 29.2 Å². The van der Waals surface area contributed by atoms with Gasteiger partial charge in [-0.1, -0.05) is 18.5 Å². The molecule has 2 rings (SSSR count). The number of benzene rings is 1. The summed E-state index contributed by atoms with van der Waals surface area (Å²) in [5.41, 5.74) is 0. The van der Waals surface area contributed by atoms with Crippen molar-refractivity contribution in [2.45, 2.75) is 30.8 Å². The summed E-state index contributed by atoms with van der Waals surface area (Å²) in [5, 5.41) is 10.4. The molecule has 0 aliphatic carbocycles. The lowest BCUT2D eigenvalue weighted by Gasteiger charge is -2.34. The molecule has 1 fully saturated rings. The van der Waals surface area contributed by atoms with Crippen molar-refractivity contribution < 1.29 is 9.90 Å². The minimum atomic E-state index is -0.262. The van der Waals surface area contributed by atoms with Crippen LogP contribution in [0.2, 0.25) is 5.02 Å². The fourth-order valence-electron chi connectivity index (χ4n) is 2.30. The van der Waals surface area contributed by atoms with Crippen LogP contribution in [-0.4, -0.2) is 40.9 Å². The molecule has 1 saturated heterocycles. The molecule has 1 aliphatic heterocycles. The zero-order valence-corrected chi connectivity index (χ0v) is 13.2. The summed E-state index contributed by atoms with van der Waals surface area (Å²) in [5.74, 6) is 1.13. The average Bonchev–Trinajstić information content (AvgIpc) is 2.44. The number of piperidine rings is 1. The lowest BCUT2D eigenvalue weighted by Crippen LogP contribution is -2.45. The van der Waals surface area contributed by atoms with Crippen molar-refractivity contribution in [3.8, 4) is 0 Å². The van der Waals surface area contributed by atoms with Crippen LogP contribution in [0.25, 0.3) is 0 Å². The van der Waals surface area contributed by atoms with Crippen LogP contribution in [-0.2, 0) is 4.79 Å². The Morgan fingerprint density at radius 2 is 2.15 bits per heavy atom. The van der Waals surface area contributed by atoms with E-state index in [4.69, 9.17) is 11.6 Å². The number of hydrogen-bond donors (Lipinski definition) is 1. The van der Waals surface area contributed by atoms with Crippen LogP contribution in [0.1, 0.15) is 19.8 Å². The number of likely N-dealkylation sites (tertiary alicyclic amines) is 1. The van der Waals surface area contributed by atoms with Crippen LogP contribution >= 0.6 is 23.4 Å². The van der Waals surface area contributed by atoms with E-state index in [0.717, 1.165) is 15.7 Å². The van der Waals surface area contributed by atoms with E-state index in [2.05, 4.69) is 0 Å². The molecule has 110 valence electrons. The predicted octanol–water partition coefficient (Wildman–Crippen LogP) is 3.05. The van der Waals surface area contributed by atoms with E-state index in [1.807, 2.05) is 36.1 Å². The highest BCUT2D eigenvalue weighted by Gasteiger charge is 2.26. The fourth-order valence-corrected chi connectivity index (χ4v) is 3.27. The zero-order chi connectivity index (χ0) is 14.5. The molecule has 20 heavy (non-hydrogen) atoms. The zero-order valence-electron chi connectivity index (χ0n) is 11.6. The maximum atomic E-state index is 12.1. The second-order valence-corrected chi connectivity index (χ2v) is 6.83. The topological polar surface area (TPSA) is 40.5 Å². The van der Waals surface area contributed by atoms with Crippen molar-refractivity contribution in [2.24, 2.45) is 5.92 Å². The van der Waals surface area contributed by atoms with Gasteiger partial charge in [0.2, 0.25) is 5.91 Å². The summed E-state index contributed by atoms with van der Waals surface area (Å²) >= 11 is 7.50. The number of carbonyl (C=O) groups excluding carboxylic acids is 1. The molecule has 2 unspecified atom stereocenters. The van der Waals surface area contributed by atoms with E-state index in [9.17, 15) is 9.90 Å². The molecular formula is C15H20ClNO2S. The Balaban J connectivity index is 1.74. The molecule has 0 spiro atoms. The smallest absolute Gasteiger partial charge is 0.223 e. The highest BCUT2D eigenvalue weighted by molar-refractivity contribution is 7.99. The largest absolute Gasteiger partial charge is 0.393 e. The molecule has 1 aromatic carbocycles. The van der Waals surface area contributed by atoms with Gasteiger partial charge in [0.25, 0.3) is 0 Å². The van der Waals surface area contributed by atoms with E-state index < -0.39 is 0 Å². The Morgan fingerprint density at radius 1 is 1.45 bits per heavy atom. The molecule has 3 nitrogen and oxygen atoms in total. The van der Waals surface area contributed by atoms with Gasteiger partial charge in [-0.15, -0.1) is 11.8 Å². The lowest BCUT2D eigenvalue weighted by atomic mass is 9.96. The first-order valence-corrected chi connectivity index (χ1v) is 8.27. The minimum absolute atomic E-state index is 0.177. The Hall–Kier alpha value is -0.710. The van der Waals surface area contributed by atoms with E-state index in [0.29, 0.717) is 25.9 Å². The molecule has 2 atom stereocenters. The van der Waals surface area contributed by atoms with Gasteiger partial charge in [0, 0.05) is 35.2 Å². The molecule has 1 aliphatic rings. The third-order valence-corrected chi connectivity index (χ3v) is 4.88. The van der Waals surface area contributed by atoms with E-state index in [1.165, 1.54) is 0 Å². The second-order valence-electron chi connectivity index (χ2n) is 5.23. The molecule has 1 N–H and O–H groups in total. The number of aliphatic hydroxyl groups excluding tert-OH is 1. The summed E-state index contributed by atoms with van der Waals surface area (Å²) in [6.45, 7) is 3.34. The normalized spacial score (nSPS) is 22.9. The van der Waals surface area contributed by atoms with Crippen LogP contribution < -0.4 is 0 Å². The van der Waals surface area contributed by atoms with Gasteiger partial charge in [-0.3, -0.25) is 4.79 Å². The van der Waals surface area contributed by atoms with Crippen molar-refractivity contribution in [3.63, 3.8) is 0 Å². The van der Waals surface area contributed by atoms with Gasteiger partial charge in [-0.2, -0.15) is 0 Å². The third kappa shape index (κ3) is 4.40. The Morgan fingerprint density at radius 3 is 2.80 bits per heavy atom. The van der Waals surface area contributed by atoms with Gasteiger partial charge in [0.05, 0.1) is 6.10 Å². The minimum Gasteiger partial charge on any atom is -0.393 e. The quantitative estimate of drug-likeness (QED) is 0.869. The number of amides is 1. The first-order chi connectivity index (χ1) is 9.56. The summed E-state index contributed by atoms with van der Waals surface area (Å²) in [6.07, 6.45) is 0.968. The molecule has 0 bridgehead atoms. The average molecular weight is 314 g/mol. The number of rotatable bonds is 4. The molecule has 0 radical (unpaired) electrons. The van der Waals surface area contributed by atoms with E-state index >= 15 is 0 Å². The van der Waals surface area contributed by atoms with Crippen molar-refractivity contribution in [1.82, 2.24) is 4.90 Å². The SMILES string of the molecule is CC1CN(C(=O)CCSc2ccc(Cl)cc2)CCC1O. The number of hydrogen-bond acceptors (Lipinski definition) is 3. The summed E-state index contributed by atoms with van der Waals surface area (Å²) < 4.78 is 0. The van der Waals surface area contributed by atoms with Crippen molar-refractivity contribution in [1.29, 1.82) is 0 Å². The third-order valence-electron chi connectivity index (χ3n) is 3.61. The first kappa shape index (κ1) is 15.7. The highest BCUT2D eigenvalue weighted by atomic mass is 35.5. The second kappa shape index (κ2) is 7.34. The van der Waals surface area contributed by atoms with Gasteiger partial charge >= 0.3 is 0 Å². The van der Waals surface area contributed by atoms with Gasteiger partial charge in [-0.05, 0) is 36.6 Å². The van der Waals surface area contributed by atoms with Crippen LogP contribution in [0.3, 0.4) is 0 Å². The first-order valence-electron chi connectivity index (χ1n) is 6.90. The molecule has 5 heteroatoms. The monoisotopic (exact) mass is 313 g/mol. The Labute approximate surface area is 129 Å². The standard InChI is InChI=1S/C15H20ClNO2S/c1-11-10-17(8-6-14(11)18)15(19)7-9-20-13-4-2-12(16)3-5-13/h2-5,11,14,18H,6-10H2,1H3. The fraction of sp³-hybridized carbons (Fsp3) is 0.533. The van der Waals surface area contributed by atoms with Crippen molar-refractivity contribution in [2.75, 3.05) is 18.8 Å². The van der Waals surface area contributed by atoms with Gasteiger partial charge < -0.3 is 10.0 Å². The molecular weight excluding hydrogens is 294 g/mol. The molecule has 1 amide bonds. The summed E-state index contributed by atoms with van der Waals surface area (Å²) in [4.78, 5) is 15.1. The number of halogens is 1. The van der Waals surface area contributed by atoms with Gasteiger partial charge in [0.1, 0.15) is 0 Å². The molecule has 1 aromatic rings.